The normalized spacial score (nSPS) is 11.3. The Kier molecular flexibility index (Phi) is 2.58. The van der Waals surface area contributed by atoms with E-state index in [0.717, 1.165) is 9.87 Å². The van der Waals surface area contributed by atoms with Gasteiger partial charge in [-0.25, -0.2) is 5.14 Å². The molecule has 1 rings (SSSR count). The lowest BCUT2D eigenvalue weighted by atomic mass is 10.2. The van der Waals surface area contributed by atoms with Crippen LogP contribution in [0.15, 0.2) is 24.3 Å². The van der Waals surface area contributed by atoms with Crippen molar-refractivity contribution >= 4 is 15.9 Å². The molecule has 1 aromatic rings. The summed E-state index contributed by atoms with van der Waals surface area (Å²) in [6.45, 7) is 1.83. The van der Waals surface area contributed by atoms with E-state index in [0.29, 0.717) is 5.69 Å². The minimum absolute atomic E-state index is 0.602. The highest BCUT2D eigenvalue weighted by Crippen LogP contribution is 2.18. The van der Waals surface area contributed by atoms with Gasteiger partial charge in [-0.15, -0.1) is 0 Å². The van der Waals surface area contributed by atoms with Gasteiger partial charge in [-0.3, -0.25) is 4.31 Å². The molecular weight excluding hydrogens is 188 g/mol. The highest BCUT2D eigenvalue weighted by Gasteiger charge is 2.13. The first-order valence-corrected chi connectivity index (χ1v) is 5.25. The van der Waals surface area contributed by atoms with Crippen molar-refractivity contribution in [2.24, 2.45) is 5.14 Å². The van der Waals surface area contributed by atoms with Crippen LogP contribution in [0.5, 0.6) is 0 Å². The molecule has 0 aromatic heterocycles. The zero-order chi connectivity index (χ0) is 10.1. The van der Waals surface area contributed by atoms with Gasteiger partial charge in [-0.05, 0) is 18.6 Å². The number of aryl methyl sites for hydroxylation is 1. The summed E-state index contributed by atoms with van der Waals surface area (Å²) >= 11 is 0. The molecular formula is C8H12N2O2S. The van der Waals surface area contributed by atoms with Gasteiger partial charge in [0.15, 0.2) is 0 Å². The minimum atomic E-state index is -3.65. The van der Waals surface area contributed by atoms with Gasteiger partial charge in [-0.1, -0.05) is 18.2 Å². The zero-order valence-electron chi connectivity index (χ0n) is 7.56. The molecule has 0 aliphatic heterocycles. The number of anilines is 1. The van der Waals surface area contributed by atoms with E-state index in [1.165, 1.54) is 7.05 Å². The first kappa shape index (κ1) is 10.0. The molecule has 0 bridgehead atoms. The van der Waals surface area contributed by atoms with Crippen LogP contribution in [0, 0.1) is 6.92 Å². The van der Waals surface area contributed by atoms with Crippen molar-refractivity contribution in [2.75, 3.05) is 11.4 Å². The van der Waals surface area contributed by atoms with E-state index in [4.69, 9.17) is 5.14 Å². The summed E-state index contributed by atoms with van der Waals surface area (Å²) in [5.41, 5.74) is 1.48. The van der Waals surface area contributed by atoms with Gasteiger partial charge in [0.1, 0.15) is 0 Å². The number of benzene rings is 1. The van der Waals surface area contributed by atoms with Crippen LogP contribution in [-0.4, -0.2) is 15.5 Å². The summed E-state index contributed by atoms with van der Waals surface area (Å²) in [6.07, 6.45) is 0. The predicted molar refractivity (Wildman–Crippen MR) is 52.7 cm³/mol. The van der Waals surface area contributed by atoms with Crippen LogP contribution < -0.4 is 9.44 Å². The molecule has 0 aliphatic rings. The Morgan fingerprint density at radius 3 is 2.31 bits per heavy atom. The third kappa shape index (κ3) is 2.19. The summed E-state index contributed by atoms with van der Waals surface area (Å²) in [5, 5.41) is 4.98. The van der Waals surface area contributed by atoms with Crippen molar-refractivity contribution in [3.63, 3.8) is 0 Å². The van der Waals surface area contributed by atoms with Crippen LogP contribution in [0.1, 0.15) is 5.56 Å². The van der Waals surface area contributed by atoms with Gasteiger partial charge in [0.05, 0.1) is 5.69 Å². The summed E-state index contributed by atoms with van der Waals surface area (Å²) in [5.74, 6) is 0. The number of hydrogen-bond donors (Lipinski definition) is 1. The Labute approximate surface area is 78.2 Å². The van der Waals surface area contributed by atoms with Gasteiger partial charge in [0.25, 0.3) is 10.2 Å². The smallest absolute Gasteiger partial charge is 0.261 e. The fourth-order valence-electron chi connectivity index (χ4n) is 1.05. The Balaban J connectivity index is 3.17. The minimum Gasteiger partial charge on any atom is -0.261 e. The maximum absolute atomic E-state index is 11.0. The summed E-state index contributed by atoms with van der Waals surface area (Å²) in [7, 11) is -2.22. The Bertz CT molecular complexity index is 400. The molecule has 0 unspecified atom stereocenters. The van der Waals surface area contributed by atoms with Crippen molar-refractivity contribution in [2.45, 2.75) is 6.92 Å². The number of hydrogen-bond acceptors (Lipinski definition) is 2. The molecule has 0 spiro atoms. The van der Waals surface area contributed by atoms with Gasteiger partial charge in [0.2, 0.25) is 0 Å². The van der Waals surface area contributed by atoms with Crippen LogP contribution in [0.25, 0.3) is 0 Å². The zero-order valence-corrected chi connectivity index (χ0v) is 8.38. The van der Waals surface area contributed by atoms with Crippen LogP contribution in [0.4, 0.5) is 5.69 Å². The van der Waals surface area contributed by atoms with Crippen molar-refractivity contribution in [3.8, 4) is 0 Å². The number of rotatable bonds is 2. The quantitative estimate of drug-likeness (QED) is 0.761. The van der Waals surface area contributed by atoms with Crippen molar-refractivity contribution in [1.29, 1.82) is 0 Å². The predicted octanol–water partition coefficient (Wildman–Crippen LogP) is 0.635. The molecule has 0 aliphatic carbocycles. The molecule has 1 aromatic carbocycles. The SMILES string of the molecule is Cc1ccccc1N(C)S(N)(=O)=O. The molecule has 13 heavy (non-hydrogen) atoms. The summed E-state index contributed by atoms with van der Waals surface area (Å²) in [6, 6.07) is 7.15. The number of nitrogens with two attached hydrogens (primary N) is 1. The van der Waals surface area contributed by atoms with Gasteiger partial charge in [-0.2, -0.15) is 8.42 Å². The molecule has 4 nitrogen and oxygen atoms in total. The van der Waals surface area contributed by atoms with Crippen molar-refractivity contribution in [1.82, 2.24) is 0 Å². The number of para-hydroxylation sites is 1. The average molecular weight is 200 g/mol. The first-order valence-electron chi connectivity index (χ1n) is 3.75. The van der Waals surface area contributed by atoms with Gasteiger partial charge < -0.3 is 0 Å². The second kappa shape index (κ2) is 3.35. The summed E-state index contributed by atoms with van der Waals surface area (Å²) < 4.78 is 23.0. The standard InChI is InChI=1S/C8H12N2O2S/c1-7-5-3-4-6-8(7)10(2)13(9,11)12/h3-6H,1-2H3,(H2,9,11,12). The molecule has 0 amide bonds. The number of nitrogens with zero attached hydrogens (tertiary/aromatic N) is 1. The van der Waals surface area contributed by atoms with E-state index in [9.17, 15) is 8.42 Å². The topological polar surface area (TPSA) is 63.4 Å². The van der Waals surface area contributed by atoms with E-state index in [1.54, 1.807) is 12.1 Å². The first-order chi connectivity index (χ1) is 5.93. The van der Waals surface area contributed by atoms with Gasteiger partial charge in [0, 0.05) is 7.05 Å². The lowest BCUT2D eigenvalue weighted by Crippen LogP contribution is -2.33. The van der Waals surface area contributed by atoms with E-state index >= 15 is 0 Å². The third-order valence-corrected chi connectivity index (χ3v) is 2.80. The van der Waals surface area contributed by atoms with E-state index in [2.05, 4.69) is 0 Å². The molecule has 5 heteroatoms. The Morgan fingerprint density at radius 1 is 1.31 bits per heavy atom. The summed E-state index contributed by atoms with van der Waals surface area (Å²) in [4.78, 5) is 0. The molecule has 0 saturated carbocycles. The monoisotopic (exact) mass is 200 g/mol. The lowest BCUT2D eigenvalue weighted by molar-refractivity contribution is 0.596. The second-order valence-corrected chi connectivity index (χ2v) is 4.38. The maximum Gasteiger partial charge on any atom is 0.298 e. The molecule has 0 radical (unpaired) electrons. The molecule has 72 valence electrons. The maximum atomic E-state index is 11.0. The Hall–Kier alpha value is -1.07. The van der Waals surface area contributed by atoms with E-state index < -0.39 is 10.2 Å². The fraction of sp³-hybridized carbons (Fsp3) is 0.250. The Morgan fingerprint density at radius 2 is 1.85 bits per heavy atom. The van der Waals surface area contributed by atoms with Crippen LogP contribution in [0.2, 0.25) is 0 Å². The molecule has 0 saturated heterocycles. The second-order valence-electron chi connectivity index (χ2n) is 2.80. The van der Waals surface area contributed by atoms with Crippen LogP contribution in [0.3, 0.4) is 0 Å². The molecule has 0 fully saturated rings. The largest absolute Gasteiger partial charge is 0.298 e. The van der Waals surface area contributed by atoms with Crippen LogP contribution >= 0.6 is 0 Å². The van der Waals surface area contributed by atoms with Crippen molar-refractivity contribution < 1.29 is 8.42 Å². The third-order valence-electron chi connectivity index (χ3n) is 1.84. The fourth-order valence-corrected chi connectivity index (χ4v) is 1.53. The highest BCUT2D eigenvalue weighted by molar-refractivity contribution is 7.90. The highest BCUT2D eigenvalue weighted by atomic mass is 32.2. The van der Waals surface area contributed by atoms with E-state index in [-0.39, 0.29) is 0 Å². The molecule has 0 atom stereocenters. The molecule has 0 heterocycles. The lowest BCUT2D eigenvalue weighted by Gasteiger charge is -2.17. The van der Waals surface area contributed by atoms with E-state index in [1.807, 2.05) is 19.1 Å². The van der Waals surface area contributed by atoms with Crippen molar-refractivity contribution in [3.05, 3.63) is 29.8 Å². The van der Waals surface area contributed by atoms with Crippen LogP contribution in [-0.2, 0) is 10.2 Å². The average Bonchev–Trinajstić information content (AvgIpc) is 2.02. The molecule has 2 N–H and O–H groups in total. The van der Waals surface area contributed by atoms with Gasteiger partial charge >= 0.3 is 0 Å².